The van der Waals surface area contributed by atoms with E-state index in [1.54, 1.807) is 23.9 Å². The Morgan fingerprint density at radius 2 is 1.78 bits per heavy atom. The van der Waals surface area contributed by atoms with Gasteiger partial charge in [0.2, 0.25) is 0 Å². The Balaban J connectivity index is 0.00000496. The van der Waals surface area contributed by atoms with Crippen LogP contribution in [0.5, 0.6) is 0 Å². The van der Waals surface area contributed by atoms with Crippen LogP contribution in [0.3, 0.4) is 0 Å². The summed E-state index contributed by atoms with van der Waals surface area (Å²) in [7, 11) is 8.62. The quantitative estimate of drug-likeness (QED) is 0.211. The molecule has 248 valence electrons. The van der Waals surface area contributed by atoms with Crippen molar-refractivity contribution in [2.45, 2.75) is 40.3 Å². The molecule has 1 aliphatic heterocycles. The van der Waals surface area contributed by atoms with E-state index in [0.717, 1.165) is 11.6 Å². The molecule has 0 aliphatic carbocycles. The summed E-state index contributed by atoms with van der Waals surface area (Å²) in [5.74, 6) is -0.510. The van der Waals surface area contributed by atoms with Gasteiger partial charge in [0.25, 0.3) is 11.5 Å². The average molecular weight is 630 g/mol. The van der Waals surface area contributed by atoms with Crippen LogP contribution in [0.4, 0.5) is 18.9 Å². The summed E-state index contributed by atoms with van der Waals surface area (Å²) in [6.07, 6.45) is 5.34. The minimum atomic E-state index is -4.66. The fraction of sp³-hybridized carbons (Fsp3) is 0.429. The molecule has 2 rings (SSSR count). The van der Waals surface area contributed by atoms with Gasteiger partial charge in [-0.15, -0.1) is 0 Å². The molecule has 0 saturated carbocycles. The standard InChI is InChI=1S/C33H44F3N5O2.C2H6/c1-10-26(32(43)39(8)9)20-29(33(34,35)36)25(4)27-11-16-40(17-12-27)22-23(2)19-24(3)30(14-15-38(6)7)41-18-13-28(37-5)21-31(41)42;1-2/h10-11,13-14,18-21,37H,3-4,12,15-17,22H2,1-2,5-9H3;1-2H3/b23-19+,26-10+,29-20+,30-14+;. The lowest BCUT2D eigenvalue weighted by atomic mass is 9.92. The molecular weight excluding hydrogens is 579 g/mol. The van der Waals surface area contributed by atoms with Crippen molar-refractivity contribution in [1.29, 1.82) is 0 Å². The molecule has 1 amide bonds. The first kappa shape index (κ1) is 39.1. The molecule has 10 heteroatoms. The van der Waals surface area contributed by atoms with E-state index in [2.05, 4.69) is 23.4 Å². The fourth-order valence-corrected chi connectivity index (χ4v) is 4.58. The van der Waals surface area contributed by atoms with Crippen molar-refractivity contribution in [2.75, 3.05) is 66.7 Å². The van der Waals surface area contributed by atoms with E-state index >= 15 is 0 Å². The lowest BCUT2D eigenvalue weighted by Crippen LogP contribution is -2.31. The molecule has 1 N–H and O–H groups in total. The second-order valence-electron chi connectivity index (χ2n) is 10.9. The fourth-order valence-electron chi connectivity index (χ4n) is 4.58. The van der Waals surface area contributed by atoms with Crippen LogP contribution in [0.2, 0.25) is 0 Å². The molecule has 7 nitrogen and oxygen atoms in total. The van der Waals surface area contributed by atoms with E-state index in [1.165, 1.54) is 38.1 Å². The van der Waals surface area contributed by atoms with Crippen LogP contribution < -0.4 is 10.9 Å². The van der Waals surface area contributed by atoms with Gasteiger partial charge in [-0.05, 0) is 69.3 Å². The molecule has 45 heavy (non-hydrogen) atoms. The van der Waals surface area contributed by atoms with Crippen molar-refractivity contribution in [2.24, 2.45) is 0 Å². The summed E-state index contributed by atoms with van der Waals surface area (Å²) in [6, 6.07) is 3.34. The third kappa shape index (κ3) is 11.9. The number of amides is 1. The number of hydrogen-bond donors (Lipinski definition) is 1. The van der Waals surface area contributed by atoms with Gasteiger partial charge in [-0.1, -0.05) is 50.8 Å². The van der Waals surface area contributed by atoms with E-state index < -0.39 is 17.7 Å². The van der Waals surface area contributed by atoms with Crippen molar-refractivity contribution in [3.8, 4) is 0 Å². The molecule has 1 aromatic rings. The van der Waals surface area contributed by atoms with Gasteiger partial charge in [0.15, 0.2) is 0 Å². The Morgan fingerprint density at radius 1 is 1.13 bits per heavy atom. The number of nitrogens with one attached hydrogen (secondary N) is 1. The Morgan fingerprint density at radius 3 is 2.24 bits per heavy atom. The molecule has 1 aliphatic rings. The maximum absolute atomic E-state index is 14.0. The van der Waals surface area contributed by atoms with Gasteiger partial charge >= 0.3 is 6.18 Å². The lowest BCUT2D eigenvalue weighted by Gasteiger charge is -2.28. The van der Waals surface area contributed by atoms with Gasteiger partial charge in [0.05, 0.1) is 11.3 Å². The zero-order valence-electron chi connectivity index (χ0n) is 28.3. The van der Waals surface area contributed by atoms with E-state index in [4.69, 9.17) is 0 Å². The average Bonchev–Trinajstić information content (AvgIpc) is 2.98. The number of allylic oxidation sites excluding steroid dienone is 6. The van der Waals surface area contributed by atoms with Gasteiger partial charge in [0, 0.05) is 70.8 Å². The summed E-state index contributed by atoms with van der Waals surface area (Å²) < 4.78 is 43.7. The van der Waals surface area contributed by atoms with E-state index in [9.17, 15) is 22.8 Å². The van der Waals surface area contributed by atoms with Crippen LogP contribution in [-0.4, -0.2) is 92.8 Å². The Labute approximate surface area is 267 Å². The summed E-state index contributed by atoms with van der Waals surface area (Å²) in [5, 5.41) is 2.97. The summed E-state index contributed by atoms with van der Waals surface area (Å²) in [5.41, 5.74) is 2.30. The van der Waals surface area contributed by atoms with Crippen LogP contribution >= 0.6 is 0 Å². The number of likely N-dealkylation sites (N-methyl/N-ethyl adjacent to an activating group) is 2. The molecule has 0 radical (unpaired) electrons. The first-order valence-corrected chi connectivity index (χ1v) is 15.0. The minimum Gasteiger partial charge on any atom is -0.388 e. The van der Waals surface area contributed by atoms with Crippen molar-refractivity contribution >= 4 is 17.3 Å². The number of aromatic nitrogens is 1. The molecule has 0 aromatic carbocycles. The minimum absolute atomic E-state index is 0.0447. The lowest BCUT2D eigenvalue weighted by molar-refractivity contribution is -0.124. The SMILES string of the molecule is C=C(/C=C(\C)CN1CC=C(C(=C)/C(=C\C(=C/C)C(=O)N(C)C)C(F)(F)F)CC1)/C(=C\CN(C)C)n1ccc(NC)cc1=O.CC. The summed E-state index contributed by atoms with van der Waals surface area (Å²) in [6.45, 7) is 17.7. The zero-order chi connectivity index (χ0) is 34.5. The largest absolute Gasteiger partial charge is 0.416 e. The van der Waals surface area contributed by atoms with E-state index in [0.29, 0.717) is 55.1 Å². The van der Waals surface area contributed by atoms with Gasteiger partial charge < -0.3 is 15.1 Å². The number of halogens is 3. The van der Waals surface area contributed by atoms with Crippen LogP contribution in [-0.2, 0) is 4.79 Å². The highest BCUT2D eigenvalue weighted by atomic mass is 19.4. The second kappa shape index (κ2) is 18.2. The number of hydrogen-bond acceptors (Lipinski definition) is 5. The maximum Gasteiger partial charge on any atom is 0.416 e. The predicted octanol–water partition coefficient (Wildman–Crippen LogP) is 6.53. The first-order chi connectivity index (χ1) is 21.1. The van der Waals surface area contributed by atoms with Crippen LogP contribution in [0.15, 0.2) is 100 Å². The predicted molar refractivity (Wildman–Crippen MR) is 182 cm³/mol. The number of carbonyl (C=O) groups excluding carboxylic acids is 1. The number of pyridine rings is 1. The van der Waals surface area contributed by atoms with Crippen LogP contribution in [0.1, 0.15) is 34.1 Å². The highest BCUT2D eigenvalue weighted by Gasteiger charge is 2.37. The third-order valence-electron chi connectivity index (χ3n) is 6.92. The molecule has 0 saturated heterocycles. The smallest absolute Gasteiger partial charge is 0.388 e. The van der Waals surface area contributed by atoms with Gasteiger partial charge in [-0.2, -0.15) is 13.2 Å². The van der Waals surface area contributed by atoms with Crippen LogP contribution in [0.25, 0.3) is 5.70 Å². The molecule has 0 fully saturated rings. The molecule has 0 bridgehead atoms. The molecule has 1 aromatic heterocycles. The van der Waals surface area contributed by atoms with Crippen molar-refractivity contribution < 1.29 is 18.0 Å². The molecule has 0 unspecified atom stereocenters. The summed E-state index contributed by atoms with van der Waals surface area (Å²) >= 11 is 0. The summed E-state index contributed by atoms with van der Waals surface area (Å²) in [4.78, 5) is 30.5. The topological polar surface area (TPSA) is 60.8 Å². The van der Waals surface area contributed by atoms with Crippen molar-refractivity contribution in [3.05, 3.63) is 106 Å². The molecule has 0 spiro atoms. The molecule has 0 atom stereocenters. The van der Waals surface area contributed by atoms with Crippen molar-refractivity contribution in [1.82, 2.24) is 19.3 Å². The van der Waals surface area contributed by atoms with Crippen LogP contribution in [0, 0.1) is 0 Å². The van der Waals surface area contributed by atoms with E-state index in [1.807, 2.05) is 58.0 Å². The first-order valence-electron chi connectivity index (χ1n) is 15.0. The van der Waals surface area contributed by atoms with Crippen molar-refractivity contribution in [3.63, 3.8) is 0 Å². The monoisotopic (exact) mass is 629 g/mol. The number of anilines is 1. The second-order valence-corrected chi connectivity index (χ2v) is 10.9. The highest BCUT2D eigenvalue weighted by molar-refractivity contribution is 5.96. The Kier molecular flexibility index (Phi) is 15.8. The highest BCUT2D eigenvalue weighted by Crippen LogP contribution is 2.36. The Bertz CT molecular complexity index is 1420. The van der Waals surface area contributed by atoms with E-state index in [-0.39, 0.29) is 16.7 Å². The third-order valence-corrected chi connectivity index (χ3v) is 6.92. The maximum atomic E-state index is 14.0. The van der Waals surface area contributed by atoms with Gasteiger partial charge in [0.1, 0.15) is 0 Å². The number of alkyl halides is 3. The molecular formula is C35H50F3N5O2. The van der Waals surface area contributed by atoms with Gasteiger partial charge in [-0.3, -0.25) is 19.1 Å². The Hall–Kier alpha value is -3.89. The number of rotatable bonds is 12. The number of carbonyl (C=O) groups is 1. The van der Waals surface area contributed by atoms with Gasteiger partial charge in [-0.25, -0.2) is 0 Å². The zero-order valence-corrected chi connectivity index (χ0v) is 28.3. The number of nitrogens with zero attached hydrogens (tertiary/aromatic N) is 4. The molecule has 2 heterocycles. The normalized spacial score (nSPS) is 15.3.